The summed E-state index contributed by atoms with van der Waals surface area (Å²) in [6, 6.07) is 1.39. The Hall–Kier alpha value is -1.54. The van der Waals surface area contributed by atoms with Crippen molar-refractivity contribution in [3.63, 3.8) is 0 Å². The Balaban J connectivity index is 1.33. The number of halogens is 4. The van der Waals surface area contributed by atoms with E-state index < -0.39 is 11.7 Å². The number of thiocarbonyl (C=S) groups is 1. The zero-order chi connectivity index (χ0) is 19.2. The van der Waals surface area contributed by atoms with Gasteiger partial charge in [0.25, 0.3) is 5.82 Å². The van der Waals surface area contributed by atoms with Crippen molar-refractivity contribution in [3.8, 4) is 0 Å². The maximum Gasteiger partial charge on any atom is 0.419 e. The molecule has 4 nitrogen and oxygen atoms in total. The van der Waals surface area contributed by atoms with E-state index in [9.17, 15) is 13.2 Å². The molecule has 2 fully saturated rings. The van der Waals surface area contributed by atoms with Gasteiger partial charge in [-0.15, -0.1) is 0 Å². The van der Waals surface area contributed by atoms with Crippen LogP contribution in [0.3, 0.4) is 0 Å². The summed E-state index contributed by atoms with van der Waals surface area (Å²) in [5.74, 6) is 1.78. The van der Waals surface area contributed by atoms with Gasteiger partial charge < -0.3 is 10.2 Å². The van der Waals surface area contributed by atoms with E-state index >= 15 is 0 Å². The molecule has 1 aliphatic heterocycles. The smallest absolute Gasteiger partial charge is 0.359 e. The van der Waals surface area contributed by atoms with E-state index in [1.165, 1.54) is 6.42 Å². The Morgan fingerprint density at radius 2 is 1.93 bits per heavy atom. The molecule has 0 radical (unpaired) electrons. The van der Waals surface area contributed by atoms with Gasteiger partial charge in [0.15, 0.2) is 5.11 Å². The van der Waals surface area contributed by atoms with Gasteiger partial charge in [0, 0.05) is 6.04 Å². The van der Waals surface area contributed by atoms with Crippen LogP contribution in [0.1, 0.15) is 18.4 Å². The van der Waals surface area contributed by atoms with Crippen LogP contribution in [0, 0.1) is 11.8 Å². The Bertz CT molecular complexity index is 761. The first-order chi connectivity index (χ1) is 12.8. The average Bonchev–Trinajstić information content (AvgIpc) is 3.24. The summed E-state index contributed by atoms with van der Waals surface area (Å²) in [6.07, 6.45) is 3.49. The molecule has 1 aromatic heterocycles. The molecule has 1 saturated carbocycles. The second kappa shape index (κ2) is 7.13. The van der Waals surface area contributed by atoms with Crippen molar-refractivity contribution < 1.29 is 18.2 Å². The SMILES string of the molecule is FC(F)(F)c1c[nH+]c(N2CCN(C(=S)N[C@@H]3C[C@H]4C=C[C@H]3C4)CC2)c(Cl)c1. The molecule has 2 N–H and O–H groups in total. The monoisotopic (exact) mass is 417 g/mol. The number of aromatic nitrogens is 1. The second-order valence-corrected chi connectivity index (χ2v) is 8.19. The molecule has 0 amide bonds. The van der Waals surface area contributed by atoms with Crippen LogP contribution in [-0.2, 0) is 6.18 Å². The molecule has 9 heteroatoms. The Morgan fingerprint density at radius 3 is 2.48 bits per heavy atom. The topological polar surface area (TPSA) is 32.7 Å². The van der Waals surface area contributed by atoms with E-state index in [0.29, 0.717) is 49.9 Å². The van der Waals surface area contributed by atoms with Gasteiger partial charge in [0.05, 0.1) is 18.7 Å². The van der Waals surface area contributed by atoms with Crippen molar-refractivity contribution in [1.29, 1.82) is 0 Å². The normalized spacial score (nSPS) is 27.3. The molecule has 0 aromatic carbocycles. The first-order valence-corrected chi connectivity index (χ1v) is 9.87. The highest BCUT2D eigenvalue weighted by atomic mass is 35.5. The molecule has 4 rings (SSSR count). The molecule has 3 atom stereocenters. The minimum absolute atomic E-state index is 0.0766. The highest BCUT2D eigenvalue weighted by Crippen LogP contribution is 2.39. The number of anilines is 1. The first-order valence-electron chi connectivity index (χ1n) is 9.08. The van der Waals surface area contributed by atoms with Gasteiger partial charge in [-0.2, -0.15) is 13.2 Å². The van der Waals surface area contributed by atoms with Gasteiger partial charge in [-0.05, 0) is 43.0 Å². The van der Waals surface area contributed by atoms with E-state index in [4.69, 9.17) is 23.8 Å². The van der Waals surface area contributed by atoms with Crippen LogP contribution < -0.4 is 15.2 Å². The molecule has 1 aromatic rings. The van der Waals surface area contributed by atoms with Crippen LogP contribution in [0.25, 0.3) is 0 Å². The van der Waals surface area contributed by atoms with Crippen molar-refractivity contribution in [2.75, 3.05) is 31.1 Å². The van der Waals surface area contributed by atoms with Crippen molar-refractivity contribution in [2.24, 2.45) is 11.8 Å². The van der Waals surface area contributed by atoms with Gasteiger partial charge in [-0.3, -0.25) is 4.90 Å². The van der Waals surface area contributed by atoms with E-state index in [1.54, 1.807) is 0 Å². The molecule has 2 heterocycles. The zero-order valence-electron chi connectivity index (χ0n) is 14.6. The number of piperazine rings is 1. The average molecular weight is 418 g/mol. The number of nitrogens with one attached hydrogen (secondary N) is 2. The molecule has 2 aliphatic carbocycles. The highest BCUT2D eigenvalue weighted by molar-refractivity contribution is 7.80. The number of rotatable bonds is 2. The minimum atomic E-state index is -4.41. The summed E-state index contributed by atoms with van der Waals surface area (Å²) in [6.45, 7) is 2.68. The number of allylic oxidation sites excluding steroid dienone is 1. The number of hydrogen-bond donors (Lipinski definition) is 1. The summed E-state index contributed by atoms with van der Waals surface area (Å²) in [7, 11) is 0. The fraction of sp³-hybridized carbons (Fsp3) is 0.556. The lowest BCUT2D eigenvalue weighted by molar-refractivity contribution is -0.367. The number of H-pyrrole nitrogens is 1. The molecule has 0 spiro atoms. The van der Waals surface area contributed by atoms with Crippen molar-refractivity contribution in [3.05, 3.63) is 35.0 Å². The highest BCUT2D eigenvalue weighted by Gasteiger charge is 2.37. The molecule has 1 saturated heterocycles. The fourth-order valence-corrected chi connectivity index (χ4v) is 4.82. The Kier molecular flexibility index (Phi) is 4.96. The summed E-state index contributed by atoms with van der Waals surface area (Å²) in [5.41, 5.74) is -0.778. The third kappa shape index (κ3) is 3.87. The maximum absolute atomic E-state index is 12.8. The van der Waals surface area contributed by atoms with Crippen LogP contribution in [0.15, 0.2) is 24.4 Å². The summed E-state index contributed by atoms with van der Waals surface area (Å²) in [5, 5.41) is 4.34. The lowest BCUT2D eigenvalue weighted by atomic mass is 10.0. The van der Waals surface area contributed by atoms with E-state index in [1.807, 2.05) is 4.90 Å². The predicted octanol–water partition coefficient (Wildman–Crippen LogP) is 3.13. The molecule has 146 valence electrons. The quantitative estimate of drug-likeness (QED) is 0.592. The zero-order valence-corrected chi connectivity index (χ0v) is 16.2. The van der Waals surface area contributed by atoms with E-state index in [2.05, 4.69) is 27.4 Å². The third-order valence-corrected chi connectivity index (χ3v) is 6.34. The van der Waals surface area contributed by atoms with Crippen LogP contribution >= 0.6 is 23.8 Å². The summed E-state index contributed by atoms with van der Waals surface area (Å²) >= 11 is 11.7. The number of pyridine rings is 1. The van der Waals surface area contributed by atoms with Crippen molar-refractivity contribution in [2.45, 2.75) is 25.1 Å². The molecule has 2 bridgehead atoms. The van der Waals surface area contributed by atoms with Gasteiger partial charge in [-0.25, -0.2) is 4.98 Å². The second-order valence-electron chi connectivity index (χ2n) is 7.39. The number of fused-ring (bicyclic) bond motifs is 2. The summed E-state index contributed by atoms with van der Waals surface area (Å²) < 4.78 is 38.3. The van der Waals surface area contributed by atoms with Crippen LogP contribution in [0.4, 0.5) is 19.0 Å². The van der Waals surface area contributed by atoms with Gasteiger partial charge >= 0.3 is 6.18 Å². The standard InChI is InChI=1S/C18H20ClF3N4S/c19-14-9-13(18(20,21)22)10-23-16(14)25-3-5-26(6-4-25)17(27)24-15-8-11-1-2-12(15)7-11/h1-2,9-12,15H,3-8H2,(H,24,27)/p+1/t11-,12-,15+/m0/s1. The Labute approximate surface area is 166 Å². The van der Waals surface area contributed by atoms with Gasteiger partial charge in [0.2, 0.25) is 0 Å². The summed E-state index contributed by atoms with van der Waals surface area (Å²) in [4.78, 5) is 6.79. The van der Waals surface area contributed by atoms with Crippen LogP contribution in [-0.4, -0.2) is 42.2 Å². The molecular formula is C18H21ClF3N4S+. The third-order valence-electron chi connectivity index (χ3n) is 5.67. The van der Waals surface area contributed by atoms with Crippen LogP contribution in [0.5, 0.6) is 0 Å². The van der Waals surface area contributed by atoms with Gasteiger partial charge in [0.1, 0.15) is 24.3 Å². The van der Waals surface area contributed by atoms with E-state index in [-0.39, 0.29) is 5.02 Å². The lowest BCUT2D eigenvalue weighted by Crippen LogP contribution is -2.54. The fourth-order valence-electron chi connectivity index (χ4n) is 4.20. The molecule has 0 unspecified atom stereocenters. The molecule has 3 aliphatic rings. The first kappa shape index (κ1) is 18.8. The van der Waals surface area contributed by atoms with E-state index in [0.717, 1.165) is 23.8 Å². The van der Waals surface area contributed by atoms with Crippen LogP contribution in [0.2, 0.25) is 5.02 Å². The number of aromatic amines is 1. The van der Waals surface area contributed by atoms with Crippen molar-refractivity contribution in [1.82, 2.24) is 10.2 Å². The lowest BCUT2D eigenvalue weighted by Gasteiger charge is -2.34. The van der Waals surface area contributed by atoms with Crippen molar-refractivity contribution >= 4 is 34.7 Å². The maximum atomic E-state index is 12.8. The Morgan fingerprint density at radius 1 is 1.19 bits per heavy atom. The molecule has 27 heavy (non-hydrogen) atoms. The number of alkyl halides is 3. The number of nitrogens with zero attached hydrogens (tertiary/aromatic N) is 2. The number of hydrogen-bond acceptors (Lipinski definition) is 2. The molecular weight excluding hydrogens is 397 g/mol. The predicted molar refractivity (Wildman–Crippen MR) is 102 cm³/mol. The van der Waals surface area contributed by atoms with Gasteiger partial charge in [-0.1, -0.05) is 23.8 Å². The minimum Gasteiger partial charge on any atom is -0.359 e. The largest absolute Gasteiger partial charge is 0.419 e.